The van der Waals surface area contributed by atoms with Crippen LogP contribution in [-0.2, 0) is 14.8 Å². The molecule has 0 fully saturated rings. The van der Waals surface area contributed by atoms with Crippen LogP contribution in [0.15, 0.2) is 23.1 Å². The zero-order valence-corrected chi connectivity index (χ0v) is 11.7. The number of halogens is 2. The van der Waals surface area contributed by atoms with Crippen LogP contribution in [0.4, 0.5) is 0 Å². The second-order valence-corrected chi connectivity index (χ2v) is 5.89. The van der Waals surface area contributed by atoms with Gasteiger partial charge in [-0.05, 0) is 18.2 Å². The summed E-state index contributed by atoms with van der Waals surface area (Å²) in [6.07, 6.45) is 0. The van der Waals surface area contributed by atoms with Crippen LogP contribution in [0, 0.1) is 0 Å². The number of nitrogens with one attached hydrogen (secondary N) is 1. The molecular formula is C10H13Cl2NO4S. The van der Waals surface area contributed by atoms with Gasteiger partial charge in [-0.3, -0.25) is 0 Å². The number of hydrogen-bond acceptors (Lipinski definition) is 4. The molecule has 1 aromatic rings. The molecule has 0 spiro atoms. The lowest BCUT2D eigenvalue weighted by molar-refractivity contribution is 0.0961. The van der Waals surface area contributed by atoms with Crippen LogP contribution < -0.4 is 4.72 Å². The Bertz CT molecular complexity index is 493. The molecule has 8 heteroatoms. The summed E-state index contributed by atoms with van der Waals surface area (Å²) in [4.78, 5) is -0.0705. The molecule has 0 atom stereocenters. The van der Waals surface area contributed by atoms with E-state index in [9.17, 15) is 8.42 Å². The SMILES string of the molecule is O=S(=O)(NCCOCCO)c1cc(Cl)ccc1Cl. The van der Waals surface area contributed by atoms with Crippen molar-refractivity contribution in [3.05, 3.63) is 28.2 Å². The maximum Gasteiger partial charge on any atom is 0.242 e. The predicted molar refractivity (Wildman–Crippen MR) is 69.6 cm³/mol. The van der Waals surface area contributed by atoms with Gasteiger partial charge in [0, 0.05) is 11.6 Å². The lowest BCUT2D eigenvalue weighted by atomic mass is 10.4. The Hall–Kier alpha value is -0.370. The summed E-state index contributed by atoms with van der Waals surface area (Å²) < 4.78 is 31.0. The Kier molecular flexibility index (Phi) is 6.34. The number of rotatable bonds is 7. The molecule has 0 unspecified atom stereocenters. The minimum Gasteiger partial charge on any atom is -0.394 e. The van der Waals surface area contributed by atoms with E-state index in [4.69, 9.17) is 33.0 Å². The van der Waals surface area contributed by atoms with Gasteiger partial charge in [0.15, 0.2) is 0 Å². The Balaban J connectivity index is 2.66. The first-order valence-electron chi connectivity index (χ1n) is 5.10. The van der Waals surface area contributed by atoms with Crippen molar-refractivity contribution in [2.24, 2.45) is 0 Å². The summed E-state index contributed by atoms with van der Waals surface area (Å²) >= 11 is 11.5. The van der Waals surface area contributed by atoms with Crippen LogP contribution in [0.3, 0.4) is 0 Å². The molecule has 0 aliphatic heterocycles. The topological polar surface area (TPSA) is 75.6 Å². The first-order chi connectivity index (χ1) is 8.47. The second kappa shape index (κ2) is 7.28. The van der Waals surface area contributed by atoms with Crippen molar-refractivity contribution in [3.8, 4) is 0 Å². The minimum absolute atomic E-state index is 0.0705. The maximum atomic E-state index is 11.9. The zero-order chi connectivity index (χ0) is 13.6. The summed E-state index contributed by atoms with van der Waals surface area (Å²) in [5.41, 5.74) is 0. The van der Waals surface area contributed by atoms with Gasteiger partial charge in [-0.25, -0.2) is 13.1 Å². The van der Waals surface area contributed by atoms with Crippen molar-refractivity contribution in [1.29, 1.82) is 0 Å². The largest absolute Gasteiger partial charge is 0.394 e. The number of benzene rings is 1. The molecule has 0 aliphatic carbocycles. The fourth-order valence-corrected chi connectivity index (χ4v) is 2.95. The fraction of sp³-hybridized carbons (Fsp3) is 0.400. The lowest BCUT2D eigenvalue weighted by Gasteiger charge is -2.08. The van der Waals surface area contributed by atoms with E-state index >= 15 is 0 Å². The average molecular weight is 314 g/mol. The van der Waals surface area contributed by atoms with Gasteiger partial charge in [0.1, 0.15) is 4.90 Å². The molecule has 18 heavy (non-hydrogen) atoms. The van der Waals surface area contributed by atoms with Gasteiger partial charge in [0.2, 0.25) is 10.0 Å². The molecule has 0 heterocycles. The highest BCUT2D eigenvalue weighted by molar-refractivity contribution is 7.89. The molecule has 5 nitrogen and oxygen atoms in total. The van der Waals surface area contributed by atoms with E-state index in [0.717, 1.165) is 0 Å². The van der Waals surface area contributed by atoms with Gasteiger partial charge >= 0.3 is 0 Å². The molecule has 0 amide bonds. The molecule has 1 aromatic carbocycles. The molecule has 1 rings (SSSR count). The molecule has 0 radical (unpaired) electrons. The first-order valence-corrected chi connectivity index (χ1v) is 7.34. The summed E-state index contributed by atoms with van der Waals surface area (Å²) in [5.74, 6) is 0. The molecule has 0 aliphatic rings. The van der Waals surface area contributed by atoms with E-state index < -0.39 is 10.0 Å². The van der Waals surface area contributed by atoms with Crippen LogP contribution in [0.5, 0.6) is 0 Å². The second-order valence-electron chi connectivity index (χ2n) is 3.31. The molecule has 0 aromatic heterocycles. The Morgan fingerprint density at radius 2 is 2.00 bits per heavy atom. The van der Waals surface area contributed by atoms with Crippen LogP contribution in [-0.4, -0.2) is 39.9 Å². The van der Waals surface area contributed by atoms with Crippen LogP contribution in [0.2, 0.25) is 10.0 Å². The van der Waals surface area contributed by atoms with Crippen molar-refractivity contribution in [2.75, 3.05) is 26.4 Å². The monoisotopic (exact) mass is 313 g/mol. The molecule has 0 bridgehead atoms. The van der Waals surface area contributed by atoms with Gasteiger partial charge in [-0.2, -0.15) is 0 Å². The minimum atomic E-state index is -3.71. The highest BCUT2D eigenvalue weighted by Crippen LogP contribution is 2.24. The number of ether oxygens (including phenoxy) is 1. The Morgan fingerprint density at radius 1 is 1.28 bits per heavy atom. The van der Waals surface area contributed by atoms with Crippen molar-refractivity contribution in [1.82, 2.24) is 4.72 Å². The van der Waals surface area contributed by atoms with Gasteiger partial charge < -0.3 is 9.84 Å². The first kappa shape index (κ1) is 15.7. The van der Waals surface area contributed by atoms with E-state index in [2.05, 4.69) is 4.72 Å². The number of hydrogen-bond donors (Lipinski definition) is 2. The van der Waals surface area contributed by atoms with E-state index in [1.807, 2.05) is 0 Å². The van der Waals surface area contributed by atoms with Crippen molar-refractivity contribution in [3.63, 3.8) is 0 Å². The van der Waals surface area contributed by atoms with Crippen LogP contribution in [0.1, 0.15) is 0 Å². The van der Waals surface area contributed by atoms with E-state index in [0.29, 0.717) is 0 Å². The van der Waals surface area contributed by atoms with Crippen molar-refractivity contribution < 1.29 is 18.3 Å². The normalized spacial score (nSPS) is 11.7. The maximum absolute atomic E-state index is 11.9. The Morgan fingerprint density at radius 3 is 2.67 bits per heavy atom. The smallest absolute Gasteiger partial charge is 0.242 e. The highest BCUT2D eigenvalue weighted by atomic mass is 35.5. The van der Waals surface area contributed by atoms with Gasteiger partial charge in [0.05, 0.1) is 24.8 Å². The molecule has 0 saturated heterocycles. The third kappa shape index (κ3) is 4.72. The van der Waals surface area contributed by atoms with E-state index in [1.54, 1.807) is 0 Å². The van der Waals surface area contributed by atoms with E-state index in [-0.39, 0.29) is 41.3 Å². The fourth-order valence-electron chi connectivity index (χ4n) is 1.18. The zero-order valence-electron chi connectivity index (χ0n) is 9.40. The number of aliphatic hydroxyl groups excluding tert-OH is 1. The Labute approximate surface area is 116 Å². The highest BCUT2D eigenvalue weighted by Gasteiger charge is 2.17. The quantitative estimate of drug-likeness (QED) is 0.744. The van der Waals surface area contributed by atoms with Crippen molar-refractivity contribution in [2.45, 2.75) is 4.90 Å². The average Bonchev–Trinajstić information content (AvgIpc) is 2.32. The summed E-state index contributed by atoms with van der Waals surface area (Å²) in [5, 5.41) is 8.86. The van der Waals surface area contributed by atoms with Crippen molar-refractivity contribution >= 4 is 33.2 Å². The van der Waals surface area contributed by atoms with Gasteiger partial charge in [-0.1, -0.05) is 23.2 Å². The van der Waals surface area contributed by atoms with Crippen LogP contribution >= 0.6 is 23.2 Å². The lowest BCUT2D eigenvalue weighted by Crippen LogP contribution is -2.28. The summed E-state index contributed by atoms with van der Waals surface area (Å²) in [7, 11) is -3.71. The standard InChI is InChI=1S/C10H13Cl2NO4S/c11-8-1-2-9(12)10(7-8)18(15,16)13-3-5-17-6-4-14/h1-2,7,13-14H,3-6H2. The molecule has 2 N–H and O–H groups in total. The predicted octanol–water partition coefficient (Wildman–Crippen LogP) is 1.28. The summed E-state index contributed by atoms with van der Waals surface area (Å²) in [6, 6.07) is 4.20. The van der Waals surface area contributed by atoms with Crippen LogP contribution in [0.25, 0.3) is 0 Å². The molecule has 0 saturated carbocycles. The number of sulfonamides is 1. The molecule has 102 valence electrons. The summed E-state index contributed by atoms with van der Waals surface area (Å²) in [6.45, 7) is 0.315. The third-order valence-corrected chi connectivity index (χ3v) is 4.13. The molecular weight excluding hydrogens is 301 g/mol. The third-order valence-electron chi connectivity index (χ3n) is 1.96. The van der Waals surface area contributed by atoms with E-state index in [1.165, 1.54) is 18.2 Å². The number of aliphatic hydroxyl groups is 1. The van der Waals surface area contributed by atoms with Gasteiger partial charge in [-0.15, -0.1) is 0 Å². The van der Waals surface area contributed by atoms with Gasteiger partial charge in [0.25, 0.3) is 0 Å².